The molecule has 0 aliphatic rings. The standard InChI is InChI=1S/C22H19N3O2/c1-27-18-11-7-10-17(14-18)24-21(16-8-3-2-4-9-16)22(26)19-15-23-25-13-6-5-12-20(19)25/h2-15,21,24H,1H3. The van der Waals surface area contributed by atoms with Gasteiger partial charge >= 0.3 is 0 Å². The minimum atomic E-state index is -0.536. The van der Waals surface area contributed by atoms with Crippen molar-refractivity contribution in [3.8, 4) is 5.75 Å². The topological polar surface area (TPSA) is 55.6 Å². The molecule has 2 aromatic carbocycles. The van der Waals surface area contributed by atoms with E-state index in [9.17, 15) is 4.79 Å². The van der Waals surface area contributed by atoms with Crippen LogP contribution in [0.2, 0.25) is 0 Å². The van der Waals surface area contributed by atoms with Gasteiger partial charge in [0.1, 0.15) is 11.8 Å². The Labute approximate surface area is 157 Å². The lowest BCUT2D eigenvalue weighted by Gasteiger charge is -2.19. The molecule has 0 aliphatic carbocycles. The molecule has 0 radical (unpaired) electrons. The molecule has 1 atom stereocenters. The largest absolute Gasteiger partial charge is 0.497 e. The molecule has 0 bridgehead atoms. The highest BCUT2D eigenvalue weighted by molar-refractivity contribution is 6.07. The van der Waals surface area contributed by atoms with Crippen LogP contribution in [0, 0.1) is 0 Å². The van der Waals surface area contributed by atoms with Gasteiger partial charge in [0.05, 0.1) is 24.4 Å². The molecule has 0 aliphatic heterocycles. The van der Waals surface area contributed by atoms with Crippen molar-refractivity contribution in [2.24, 2.45) is 0 Å². The monoisotopic (exact) mass is 357 g/mol. The van der Waals surface area contributed by atoms with Gasteiger partial charge in [0, 0.05) is 18.0 Å². The third-order valence-corrected chi connectivity index (χ3v) is 4.47. The number of ether oxygens (including phenoxy) is 1. The number of aromatic nitrogens is 2. The molecule has 0 spiro atoms. The number of hydrogen-bond acceptors (Lipinski definition) is 4. The molecule has 2 heterocycles. The van der Waals surface area contributed by atoms with E-state index in [-0.39, 0.29) is 5.78 Å². The first-order chi connectivity index (χ1) is 13.3. The van der Waals surface area contributed by atoms with Crippen LogP contribution in [0.4, 0.5) is 5.69 Å². The summed E-state index contributed by atoms with van der Waals surface area (Å²) in [5.74, 6) is 0.695. The fourth-order valence-corrected chi connectivity index (χ4v) is 3.11. The van der Waals surface area contributed by atoms with Gasteiger partial charge < -0.3 is 10.1 Å². The van der Waals surface area contributed by atoms with Crippen molar-refractivity contribution in [2.45, 2.75) is 6.04 Å². The third-order valence-electron chi connectivity index (χ3n) is 4.47. The van der Waals surface area contributed by atoms with Crippen LogP contribution in [0.1, 0.15) is 22.0 Å². The maximum absolute atomic E-state index is 13.4. The van der Waals surface area contributed by atoms with Crippen LogP contribution in [0.5, 0.6) is 5.75 Å². The zero-order valence-corrected chi connectivity index (χ0v) is 14.9. The predicted molar refractivity (Wildman–Crippen MR) is 105 cm³/mol. The third kappa shape index (κ3) is 3.40. The van der Waals surface area contributed by atoms with E-state index in [4.69, 9.17) is 4.74 Å². The number of anilines is 1. The number of nitrogens with zero attached hydrogens (tertiary/aromatic N) is 2. The fourth-order valence-electron chi connectivity index (χ4n) is 3.11. The Kier molecular flexibility index (Phi) is 4.58. The highest BCUT2D eigenvalue weighted by Crippen LogP contribution is 2.27. The molecule has 0 fully saturated rings. The van der Waals surface area contributed by atoms with E-state index in [2.05, 4.69) is 10.4 Å². The van der Waals surface area contributed by atoms with E-state index in [1.165, 1.54) is 0 Å². The summed E-state index contributed by atoms with van der Waals surface area (Å²) in [5.41, 5.74) is 3.07. The van der Waals surface area contributed by atoms with Crippen molar-refractivity contribution >= 4 is 17.0 Å². The van der Waals surface area contributed by atoms with E-state index < -0.39 is 6.04 Å². The average Bonchev–Trinajstić information content (AvgIpc) is 3.16. The van der Waals surface area contributed by atoms with Crippen LogP contribution in [0.25, 0.3) is 5.52 Å². The maximum atomic E-state index is 13.4. The Balaban J connectivity index is 1.74. The first-order valence-electron chi connectivity index (χ1n) is 8.68. The summed E-state index contributed by atoms with van der Waals surface area (Å²) in [4.78, 5) is 13.4. The van der Waals surface area contributed by atoms with Gasteiger partial charge in [-0.3, -0.25) is 4.79 Å². The number of methoxy groups -OCH3 is 1. The van der Waals surface area contributed by atoms with Gasteiger partial charge in [-0.15, -0.1) is 0 Å². The van der Waals surface area contributed by atoms with Crippen molar-refractivity contribution in [1.82, 2.24) is 9.61 Å². The van der Waals surface area contributed by atoms with Gasteiger partial charge in [0.2, 0.25) is 0 Å². The van der Waals surface area contributed by atoms with Crippen molar-refractivity contribution in [2.75, 3.05) is 12.4 Å². The van der Waals surface area contributed by atoms with E-state index in [1.807, 2.05) is 79.0 Å². The van der Waals surface area contributed by atoms with Gasteiger partial charge in [0.15, 0.2) is 5.78 Å². The van der Waals surface area contributed by atoms with Crippen LogP contribution in [-0.4, -0.2) is 22.5 Å². The molecule has 5 heteroatoms. The van der Waals surface area contributed by atoms with E-state index in [0.29, 0.717) is 5.56 Å². The molecule has 5 nitrogen and oxygen atoms in total. The molecule has 134 valence electrons. The van der Waals surface area contributed by atoms with Crippen molar-refractivity contribution < 1.29 is 9.53 Å². The minimum Gasteiger partial charge on any atom is -0.497 e. The Morgan fingerprint density at radius 3 is 2.67 bits per heavy atom. The summed E-state index contributed by atoms with van der Waals surface area (Å²) in [6.07, 6.45) is 3.46. The van der Waals surface area contributed by atoms with E-state index >= 15 is 0 Å². The summed E-state index contributed by atoms with van der Waals surface area (Å²) in [6.45, 7) is 0. The first-order valence-corrected chi connectivity index (χ1v) is 8.68. The van der Waals surface area contributed by atoms with Gasteiger partial charge in [-0.25, -0.2) is 4.52 Å². The van der Waals surface area contributed by atoms with Gasteiger partial charge in [-0.2, -0.15) is 5.10 Å². The van der Waals surface area contributed by atoms with E-state index in [0.717, 1.165) is 22.5 Å². The number of carbonyl (C=O) groups is 1. The number of ketones is 1. The maximum Gasteiger partial charge on any atom is 0.193 e. The number of Topliss-reactive ketones (excluding diaryl/α,β-unsaturated/α-hetero) is 1. The number of hydrogen-bond donors (Lipinski definition) is 1. The number of pyridine rings is 1. The second-order valence-corrected chi connectivity index (χ2v) is 6.17. The normalized spacial score (nSPS) is 11.9. The lowest BCUT2D eigenvalue weighted by molar-refractivity contribution is 0.0971. The van der Waals surface area contributed by atoms with Crippen LogP contribution < -0.4 is 10.1 Å². The molecule has 4 aromatic rings. The number of nitrogens with one attached hydrogen (secondary N) is 1. The lowest BCUT2D eigenvalue weighted by atomic mass is 9.97. The molecular weight excluding hydrogens is 338 g/mol. The summed E-state index contributed by atoms with van der Waals surface area (Å²) >= 11 is 0. The second kappa shape index (κ2) is 7.33. The molecule has 4 rings (SSSR count). The summed E-state index contributed by atoms with van der Waals surface area (Å²) in [6, 6.07) is 22.4. The second-order valence-electron chi connectivity index (χ2n) is 6.17. The highest BCUT2D eigenvalue weighted by atomic mass is 16.5. The van der Waals surface area contributed by atoms with Crippen LogP contribution >= 0.6 is 0 Å². The highest BCUT2D eigenvalue weighted by Gasteiger charge is 2.24. The summed E-state index contributed by atoms with van der Waals surface area (Å²) in [5, 5.41) is 7.65. The SMILES string of the molecule is COc1cccc(NC(C(=O)c2cnn3ccccc23)c2ccccc2)c1. The first kappa shape index (κ1) is 16.8. The van der Waals surface area contributed by atoms with Gasteiger partial charge in [0.25, 0.3) is 0 Å². The number of fused-ring (bicyclic) bond motifs is 1. The number of benzene rings is 2. The van der Waals surface area contributed by atoms with Crippen LogP contribution in [0.15, 0.2) is 85.2 Å². The molecule has 0 saturated carbocycles. The molecule has 0 amide bonds. The smallest absolute Gasteiger partial charge is 0.193 e. The zero-order valence-electron chi connectivity index (χ0n) is 14.9. The summed E-state index contributed by atoms with van der Waals surface area (Å²) in [7, 11) is 1.62. The predicted octanol–water partition coefficient (Wildman–Crippen LogP) is 4.38. The zero-order chi connectivity index (χ0) is 18.6. The van der Waals surface area contributed by atoms with Crippen LogP contribution in [0.3, 0.4) is 0 Å². The molecule has 2 aromatic heterocycles. The summed E-state index contributed by atoms with van der Waals surface area (Å²) < 4.78 is 7.00. The van der Waals surface area contributed by atoms with E-state index in [1.54, 1.807) is 17.8 Å². The molecular formula is C22H19N3O2. The van der Waals surface area contributed by atoms with Gasteiger partial charge in [-0.1, -0.05) is 42.5 Å². The van der Waals surface area contributed by atoms with Crippen molar-refractivity contribution in [3.05, 3.63) is 96.3 Å². The molecule has 1 unspecified atom stereocenters. The Bertz CT molecular complexity index is 1070. The minimum absolute atomic E-state index is 0.0368. The molecule has 0 saturated heterocycles. The van der Waals surface area contributed by atoms with Gasteiger partial charge in [-0.05, 0) is 29.8 Å². The Hall–Kier alpha value is -3.60. The Morgan fingerprint density at radius 2 is 1.85 bits per heavy atom. The van der Waals surface area contributed by atoms with Crippen molar-refractivity contribution in [3.63, 3.8) is 0 Å². The average molecular weight is 357 g/mol. The molecule has 1 N–H and O–H groups in total. The quantitative estimate of drug-likeness (QED) is 0.520. The lowest BCUT2D eigenvalue weighted by Crippen LogP contribution is -2.21. The Morgan fingerprint density at radius 1 is 1.04 bits per heavy atom. The molecule has 27 heavy (non-hydrogen) atoms. The fraction of sp³-hybridized carbons (Fsp3) is 0.0909. The number of rotatable bonds is 6. The van der Waals surface area contributed by atoms with Crippen molar-refractivity contribution in [1.29, 1.82) is 0 Å². The number of carbonyl (C=O) groups excluding carboxylic acids is 1. The van der Waals surface area contributed by atoms with Crippen LogP contribution in [-0.2, 0) is 0 Å².